The predicted molar refractivity (Wildman–Crippen MR) is 69.7 cm³/mol. The molecule has 0 bridgehead atoms. The molecule has 3 N–H and O–H groups in total. The molecule has 0 atom stereocenters. The Hall–Kier alpha value is -0.920. The number of halogens is 1. The number of rotatable bonds is 3. The molecule has 0 fully saturated rings. The van der Waals surface area contributed by atoms with E-state index in [1.54, 1.807) is 16.7 Å². The first-order valence-corrected chi connectivity index (χ1v) is 6.87. The molecule has 0 aliphatic rings. The van der Waals surface area contributed by atoms with Gasteiger partial charge in [-0.1, -0.05) is 0 Å². The van der Waals surface area contributed by atoms with Crippen LogP contribution in [0.2, 0.25) is 0 Å². The molecule has 7 heteroatoms. The topological polar surface area (TPSA) is 68.0 Å². The summed E-state index contributed by atoms with van der Waals surface area (Å²) in [6.45, 7) is 0.506. The van der Waals surface area contributed by atoms with E-state index in [2.05, 4.69) is 26.2 Å². The van der Waals surface area contributed by atoms with Gasteiger partial charge in [0.1, 0.15) is 5.69 Å². The lowest BCUT2D eigenvalue weighted by atomic mass is 10.4. The van der Waals surface area contributed by atoms with Gasteiger partial charge in [0.2, 0.25) is 0 Å². The first kappa shape index (κ1) is 11.6. The van der Waals surface area contributed by atoms with E-state index in [0.29, 0.717) is 17.4 Å². The van der Waals surface area contributed by atoms with Crippen LogP contribution in [-0.2, 0) is 6.54 Å². The van der Waals surface area contributed by atoms with Crippen molar-refractivity contribution in [2.24, 2.45) is 0 Å². The number of hydrogen-bond acceptors (Lipinski definition) is 5. The average molecular weight is 318 g/mol. The Labute approximate surface area is 109 Å². The molecule has 2 heterocycles. The minimum Gasteiger partial charge on any atom is -0.375 e. The summed E-state index contributed by atoms with van der Waals surface area (Å²) in [6, 6.07) is 3.91. The lowest BCUT2D eigenvalue weighted by Gasteiger charge is -1.99. The molecule has 2 rings (SSSR count). The summed E-state index contributed by atoms with van der Waals surface area (Å²) in [4.78, 5) is 16.6. The van der Waals surface area contributed by atoms with Crippen LogP contribution in [0.5, 0.6) is 0 Å². The van der Waals surface area contributed by atoms with Gasteiger partial charge in [-0.25, -0.2) is 4.98 Å². The number of hydrogen-bond donors (Lipinski definition) is 2. The maximum Gasteiger partial charge on any atom is 0.271 e. The molecular weight excluding hydrogens is 310 g/mol. The summed E-state index contributed by atoms with van der Waals surface area (Å²) in [5.41, 5.74) is 5.82. The van der Waals surface area contributed by atoms with Crippen molar-refractivity contribution in [3.8, 4) is 0 Å². The zero-order chi connectivity index (χ0) is 11.5. The molecule has 0 saturated heterocycles. The summed E-state index contributed by atoms with van der Waals surface area (Å²) < 4.78 is 1.05. The first-order valence-electron chi connectivity index (χ1n) is 4.38. The molecule has 0 spiro atoms. The van der Waals surface area contributed by atoms with Gasteiger partial charge >= 0.3 is 0 Å². The normalized spacial score (nSPS) is 10.3. The van der Waals surface area contributed by atoms with Gasteiger partial charge in [-0.2, -0.15) is 0 Å². The third-order valence-corrected chi connectivity index (χ3v) is 4.10. The number of nitrogens with zero attached hydrogens (tertiary/aromatic N) is 1. The highest BCUT2D eigenvalue weighted by molar-refractivity contribution is 9.11. The molecule has 1 amide bonds. The van der Waals surface area contributed by atoms with Crippen LogP contribution >= 0.6 is 38.6 Å². The summed E-state index contributed by atoms with van der Waals surface area (Å²) in [7, 11) is 0. The molecule has 0 aromatic carbocycles. The quantitative estimate of drug-likeness (QED) is 0.913. The van der Waals surface area contributed by atoms with Crippen LogP contribution in [0.3, 0.4) is 0 Å². The lowest BCUT2D eigenvalue weighted by molar-refractivity contribution is 0.0947. The van der Waals surface area contributed by atoms with Crippen molar-refractivity contribution in [1.29, 1.82) is 0 Å². The summed E-state index contributed by atoms with van der Waals surface area (Å²) >= 11 is 6.22. The Morgan fingerprint density at radius 3 is 2.94 bits per heavy atom. The Morgan fingerprint density at radius 2 is 2.38 bits per heavy atom. The number of nitrogen functional groups attached to an aromatic ring is 1. The van der Waals surface area contributed by atoms with Gasteiger partial charge in [-0.05, 0) is 28.1 Å². The number of nitrogens with one attached hydrogen (secondary N) is 1. The minimum atomic E-state index is -0.197. The average Bonchev–Trinajstić information content (AvgIpc) is 2.84. The van der Waals surface area contributed by atoms with Crippen molar-refractivity contribution in [1.82, 2.24) is 10.3 Å². The summed E-state index contributed by atoms with van der Waals surface area (Å²) in [6.07, 6.45) is 0. The fourth-order valence-electron chi connectivity index (χ4n) is 1.10. The van der Waals surface area contributed by atoms with Crippen molar-refractivity contribution < 1.29 is 4.79 Å². The highest BCUT2D eigenvalue weighted by Gasteiger charge is 2.09. The van der Waals surface area contributed by atoms with Gasteiger partial charge < -0.3 is 11.1 Å². The second kappa shape index (κ2) is 4.94. The molecule has 0 radical (unpaired) electrons. The van der Waals surface area contributed by atoms with E-state index < -0.39 is 0 Å². The van der Waals surface area contributed by atoms with E-state index in [-0.39, 0.29) is 5.91 Å². The van der Waals surface area contributed by atoms with E-state index in [9.17, 15) is 4.79 Å². The number of aromatic nitrogens is 1. The summed E-state index contributed by atoms with van der Waals surface area (Å²) in [5.74, 6) is -0.197. The molecule has 16 heavy (non-hydrogen) atoms. The fraction of sp³-hybridized carbons (Fsp3) is 0.111. The molecule has 0 aliphatic carbocycles. The van der Waals surface area contributed by atoms with E-state index in [4.69, 9.17) is 5.73 Å². The first-order chi connectivity index (χ1) is 7.65. The van der Waals surface area contributed by atoms with Crippen molar-refractivity contribution >= 4 is 49.6 Å². The monoisotopic (exact) mass is 317 g/mol. The van der Waals surface area contributed by atoms with Gasteiger partial charge in [-0.15, -0.1) is 22.7 Å². The van der Waals surface area contributed by atoms with E-state index in [0.717, 1.165) is 8.66 Å². The van der Waals surface area contributed by atoms with Gasteiger partial charge in [0, 0.05) is 10.3 Å². The van der Waals surface area contributed by atoms with Crippen LogP contribution in [0.4, 0.5) is 5.13 Å². The van der Waals surface area contributed by atoms with Gasteiger partial charge in [0.25, 0.3) is 5.91 Å². The lowest BCUT2D eigenvalue weighted by Crippen LogP contribution is -2.22. The van der Waals surface area contributed by atoms with Crippen molar-refractivity contribution in [3.63, 3.8) is 0 Å². The summed E-state index contributed by atoms with van der Waals surface area (Å²) in [5, 5.41) is 4.84. The Kier molecular flexibility index (Phi) is 3.57. The highest BCUT2D eigenvalue weighted by Crippen LogP contribution is 2.21. The van der Waals surface area contributed by atoms with Gasteiger partial charge in [0.15, 0.2) is 5.13 Å². The van der Waals surface area contributed by atoms with Crippen LogP contribution in [0.1, 0.15) is 15.4 Å². The second-order valence-electron chi connectivity index (χ2n) is 2.96. The Balaban J connectivity index is 1.93. The molecule has 4 nitrogen and oxygen atoms in total. The number of carbonyl (C=O) groups is 1. The zero-order valence-electron chi connectivity index (χ0n) is 8.07. The SMILES string of the molecule is Nc1nc(C(=O)NCc2ccc(Br)s2)cs1. The predicted octanol–water partition coefficient (Wildman–Crippen LogP) is 2.48. The van der Waals surface area contributed by atoms with Gasteiger partial charge in [0.05, 0.1) is 10.3 Å². The van der Waals surface area contributed by atoms with E-state index in [1.165, 1.54) is 11.3 Å². The molecule has 0 unspecified atom stereocenters. The fourth-order valence-corrected chi connectivity index (χ4v) is 3.06. The van der Waals surface area contributed by atoms with Gasteiger partial charge in [-0.3, -0.25) is 4.79 Å². The van der Waals surface area contributed by atoms with E-state index in [1.807, 2.05) is 12.1 Å². The van der Waals surface area contributed by atoms with Crippen molar-refractivity contribution in [2.75, 3.05) is 5.73 Å². The van der Waals surface area contributed by atoms with Crippen LogP contribution in [0.25, 0.3) is 0 Å². The number of amides is 1. The molecule has 0 saturated carbocycles. The number of anilines is 1. The van der Waals surface area contributed by atoms with Crippen LogP contribution in [0.15, 0.2) is 21.3 Å². The standard InChI is InChI=1S/C9H8BrN3OS2/c10-7-2-1-5(16-7)3-12-8(14)6-4-15-9(11)13-6/h1-2,4H,3H2,(H2,11,13)(H,12,14). The number of nitrogens with two attached hydrogens (primary N) is 1. The highest BCUT2D eigenvalue weighted by atomic mass is 79.9. The molecule has 2 aromatic heterocycles. The van der Waals surface area contributed by atoms with Crippen LogP contribution < -0.4 is 11.1 Å². The third kappa shape index (κ3) is 2.81. The number of thiazole rings is 1. The Morgan fingerprint density at radius 1 is 1.56 bits per heavy atom. The molecule has 0 aliphatic heterocycles. The zero-order valence-corrected chi connectivity index (χ0v) is 11.3. The van der Waals surface area contributed by atoms with Crippen molar-refractivity contribution in [3.05, 3.63) is 31.9 Å². The van der Waals surface area contributed by atoms with Crippen LogP contribution in [-0.4, -0.2) is 10.9 Å². The van der Waals surface area contributed by atoms with E-state index >= 15 is 0 Å². The molecule has 2 aromatic rings. The van der Waals surface area contributed by atoms with Crippen LogP contribution in [0, 0.1) is 0 Å². The van der Waals surface area contributed by atoms with Crippen molar-refractivity contribution in [2.45, 2.75) is 6.54 Å². The molecular formula is C9H8BrN3OS2. The number of carbonyl (C=O) groups excluding carboxylic acids is 1. The minimum absolute atomic E-state index is 0.197. The maximum absolute atomic E-state index is 11.6. The smallest absolute Gasteiger partial charge is 0.271 e. The largest absolute Gasteiger partial charge is 0.375 e. The Bertz CT molecular complexity index is 508. The number of thiophene rings is 1. The molecule has 84 valence electrons. The second-order valence-corrected chi connectivity index (χ2v) is 6.40. The maximum atomic E-state index is 11.6. The third-order valence-electron chi connectivity index (χ3n) is 1.81.